The van der Waals surface area contributed by atoms with Gasteiger partial charge in [0.25, 0.3) is 0 Å². The van der Waals surface area contributed by atoms with Crippen LogP contribution in [0.2, 0.25) is 0 Å². The zero-order chi connectivity index (χ0) is 13.7. The average molecular weight is 280 g/mol. The number of hydrogen-bond donors (Lipinski definition) is 1. The van der Waals surface area contributed by atoms with Gasteiger partial charge in [-0.05, 0) is 57.0 Å². The van der Waals surface area contributed by atoms with Crippen LogP contribution in [0.4, 0.5) is 0 Å². The Labute approximate surface area is 122 Å². The van der Waals surface area contributed by atoms with Gasteiger partial charge in [0.15, 0.2) is 0 Å². The summed E-state index contributed by atoms with van der Waals surface area (Å²) in [7, 11) is 0. The van der Waals surface area contributed by atoms with Crippen LogP contribution in [0.25, 0.3) is 0 Å². The summed E-state index contributed by atoms with van der Waals surface area (Å²) in [6.07, 6.45) is 6.78. The molecule has 1 saturated carbocycles. The molecule has 2 nitrogen and oxygen atoms in total. The largest absolute Gasteiger partial charge is 0.317 e. The highest BCUT2D eigenvalue weighted by Crippen LogP contribution is 2.37. The standard InChI is InChI=1S/C16H28N2S/c1-4-13-6-7-14(10-17-5-2)15(8-13)9-16-11-19-12(3)18-16/h11,13-15,17H,4-10H2,1-3H3. The van der Waals surface area contributed by atoms with Gasteiger partial charge in [-0.1, -0.05) is 26.7 Å². The minimum absolute atomic E-state index is 0.833. The molecule has 1 N–H and O–H groups in total. The van der Waals surface area contributed by atoms with Crippen LogP contribution in [0.15, 0.2) is 5.38 Å². The second-order valence-electron chi connectivity index (χ2n) is 5.98. The molecule has 2 rings (SSSR count). The Morgan fingerprint density at radius 1 is 1.32 bits per heavy atom. The minimum Gasteiger partial charge on any atom is -0.317 e. The van der Waals surface area contributed by atoms with E-state index in [0.29, 0.717) is 0 Å². The van der Waals surface area contributed by atoms with Crippen molar-refractivity contribution in [2.75, 3.05) is 13.1 Å². The quantitative estimate of drug-likeness (QED) is 0.850. The summed E-state index contributed by atoms with van der Waals surface area (Å²) < 4.78 is 0. The Morgan fingerprint density at radius 2 is 2.16 bits per heavy atom. The zero-order valence-electron chi connectivity index (χ0n) is 12.6. The minimum atomic E-state index is 0.833. The molecule has 3 atom stereocenters. The number of rotatable bonds is 6. The number of nitrogens with one attached hydrogen (secondary N) is 1. The van der Waals surface area contributed by atoms with E-state index in [0.717, 1.165) is 24.3 Å². The predicted molar refractivity (Wildman–Crippen MR) is 83.7 cm³/mol. The summed E-state index contributed by atoms with van der Waals surface area (Å²) in [5.41, 5.74) is 1.32. The van der Waals surface area contributed by atoms with Crippen molar-refractivity contribution in [1.82, 2.24) is 10.3 Å². The SMILES string of the molecule is CCNCC1CCC(CC)CC1Cc1csc(C)n1. The van der Waals surface area contributed by atoms with Crippen LogP contribution >= 0.6 is 11.3 Å². The van der Waals surface area contributed by atoms with Crippen molar-refractivity contribution < 1.29 is 0 Å². The molecule has 1 aromatic rings. The van der Waals surface area contributed by atoms with E-state index in [-0.39, 0.29) is 0 Å². The Balaban J connectivity index is 1.97. The lowest BCUT2D eigenvalue weighted by atomic mass is 9.71. The van der Waals surface area contributed by atoms with Gasteiger partial charge in [0.05, 0.1) is 10.7 Å². The van der Waals surface area contributed by atoms with E-state index in [1.54, 1.807) is 11.3 Å². The van der Waals surface area contributed by atoms with E-state index in [1.807, 2.05) is 0 Å². The van der Waals surface area contributed by atoms with Crippen LogP contribution in [0.3, 0.4) is 0 Å². The highest BCUT2D eigenvalue weighted by molar-refractivity contribution is 7.09. The van der Waals surface area contributed by atoms with Crippen LogP contribution in [-0.4, -0.2) is 18.1 Å². The van der Waals surface area contributed by atoms with Gasteiger partial charge < -0.3 is 5.32 Å². The van der Waals surface area contributed by atoms with Crippen molar-refractivity contribution in [2.24, 2.45) is 17.8 Å². The number of aryl methyl sites for hydroxylation is 1. The summed E-state index contributed by atoms with van der Waals surface area (Å²) >= 11 is 1.79. The molecular weight excluding hydrogens is 252 g/mol. The van der Waals surface area contributed by atoms with Crippen molar-refractivity contribution in [3.63, 3.8) is 0 Å². The molecule has 0 aromatic carbocycles. The summed E-state index contributed by atoms with van der Waals surface area (Å²) in [6, 6.07) is 0. The normalized spacial score (nSPS) is 27.6. The molecule has 0 radical (unpaired) electrons. The lowest BCUT2D eigenvalue weighted by Crippen LogP contribution is -2.34. The number of nitrogens with zero attached hydrogens (tertiary/aromatic N) is 1. The van der Waals surface area contributed by atoms with Crippen molar-refractivity contribution in [2.45, 2.75) is 52.9 Å². The highest BCUT2D eigenvalue weighted by atomic mass is 32.1. The molecule has 108 valence electrons. The van der Waals surface area contributed by atoms with Gasteiger partial charge in [-0.15, -0.1) is 11.3 Å². The predicted octanol–water partition coefficient (Wildman–Crippen LogP) is 4.05. The summed E-state index contributed by atoms with van der Waals surface area (Å²) in [5, 5.41) is 7.02. The fourth-order valence-corrected chi connectivity index (χ4v) is 4.04. The Hall–Kier alpha value is -0.410. The van der Waals surface area contributed by atoms with Gasteiger partial charge in [0.2, 0.25) is 0 Å². The summed E-state index contributed by atoms with van der Waals surface area (Å²) in [5.74, 6) is 2.63. The maximum atomic E-state index is 4.67. The number of thiazole rings is 1. The molecule has 1 aliphatic carbocycles. The molecule has 0 spiro atoms. The molecule has 1 heterocycles. The first kappa shape index (κ1) is 15.0. The molecule has 1 fully saturated rings. The smallest absolute Gasteiger partial charge is 0.0897 e. The van der Waals surface area contributed by atoms with E-state index < -0.39 is 0 Å². The van der Waals surface area contributed by atoms with E-state index in [2.05, 4.69) is 36.5 Å². The van der Waals surface area contributed by atoms with Crippen LogP contribution < -0.4 is 5.32 Å². The molecule has 19 heavy (non-hydrogen) atoms. The first-order valence-electron chi connectivity index (χ1n) is 7.84. The molecule has 0 amide bonds. The molecule has 3 unspecified atom stereocenters. The van der Waals surface area contributed by atoms with Crippen molar-refractivity contribution >= 4 is 11.3 Å². The maximum Gasteiger partial charge on any atom is 0.0897 e. The van der Waals surface area contributed by atoms with Crippen LogP contribution in [0, 0.1) is 24.7 Å². The molecule has 3 heteroatoms. The third-order valence-electron chi connectivity index (χ3n) is 4.62. The summed E-state index contributed by atoms with van der Waals surface area (Å²) in [4.78, 5) is 4.67. The van der Waals surface area contributed by atoms with Gasteiger partial charge in [-0.25, -0.2) is 4.98 Å². The van der Waals surface area contributed by atoms with E-state index >= 15 is 0 Å². The van der Waals surface area contributed by atoms with E-state index in [4.69, 9.17) is 0 Å². The van der Waals surface area contributed by atoms with Gasteiger partial charge in [-0.2, -0.15) is 0 Å². The Kier molecular flexibility index (Phi) is 5.83. The molecular formula is C16H28N2S. The molecule has 1 aromatic heterocycles. The monoisotopic (exact) mass is 280 g/mol. The van der Waals surface area contributed by atoms with Crippen LogP contribution in [0.5, 0.6) is 0 Å². The third kappa shape index (κ3) is 4.28. The second-order valence-corrected chi connectivity index (χ2v) is 7.04. The van der Waals surface area contributed by atoms with E-state index in [9.17, 15) is 0 Å². The number of aromatic nitrogens is 1. The zero-order valence-corrected chi connectivity index (χ0v) is 13.4. The Morgan fingerprint density at radius 3 is 2.79 bits per heavy atom. The first-order valence-corrected chi connectivity index (χ1v) is 8.72. The van der Waals surface area contributed by atoms with Gasteiger partial charge >= 0.3 is 0 Å². The van der Waals surface area contributed by atoms with Gasteiger partial charge in [0.1, 0.15) is 0 Å². The second kappa shape index (κ2) is 7.39. The lowest BCUT2D eigenvalue weighted by Gasteiger charge is -2.36. The first-order chi connectivity index (χ1) is 9.22. The summed E-state index contributed by atoms with van der Waals surface area (Å²) in [6.45, 7) is 8.95. The number of hydrogen-bond acceptors (Lipinski definition) is 3. The Bertz CT molecular complexity index is 375. The molecule has 1 aliphatic rings. The van der Waals surface area contributed by atoms with Gasteiger partial charge in [0, 0.05) is 5.38 Å². The fraction of sp³-hybridized carbons (Fsp3) is 0.812. The average Bonchev–Trinajstić information content (AvgIpc) is 2.82. The lowest BCUT2D eigenvalue weighted by molar-refractivity contribution is 0.171. The maximum absolute atomic E-state index is 4.67. The van der Waals surface area contributed by atoms with E-state index in [1.165, 1.54) is 49.4 Å². The van der Waals surface area contributed by atoms with Crippen LogP contribution in [0.1, 0.15) is 50.2 Å². The topological polar surface area (TPSA) is 24.9 Å². The highest BCUT2D eigenvalue weighted by Gasteiger charge is 2.29. The molecule has 0 saturated heterocycles. The van der Waals surface area contributed by atoms with Crippen LogP contribution in [-0.2, 0) is 6.42 Å². The molecule has 0 bridgehead atoms. The molecule has 0 aliphatic heterocycles. The van der Waals surface area contributed by atoms with Crippen molar-refractivity contribution in [3.8, 4) is 0 Å². The fourth-order valence-electron chi connectivity index (χ4n) is 3.41. The van der Waals surface area contributed by atoms with Gasteiger partial charge in [-0.3, -0.25) is 0 Å². The third-order valence-corrected chi connectivity index (χ3v) is 5.44. The van der Waals surface area contributed by atoms with Crippen molar-refractivity contribution in [1.29, 1.82) is 0 Å². The van der Waals surface area contributed by atoms with Crippen molar-refractivity contribution in [3.05, 3.63) is 16.1 Å².